The first-order valence-corrected chi connectivity index (χ1v) is 7.47. The highest BCUT2D eigenvalue weighted by atomic mass is 35.5. The number of para-hydroxylation sites is 1. The van der Waals surface area contributed by atoms with Crippen LogP contribution in [-0.2, 0) is 4.79 Å². The van der Waals surface area contributed by atoms with Crippen LogP contribution in [0.25, 0.3) is 0 Å². The Balaban J connectivity index is 1.95. The zero-order valence-corrected chi connectivity index (χ0v) is 13.5. The molecule has 3 rings (SSSR count). The molecular formula is C17H15ClN2O3. The molecule has 0 fully saturated rings. The molecule has 0 aliphatic carbocycles. The van der Waals surface area contributed by atoms with Gasteiger partial charge in [-0.25, -0.2) is 0 Å². The number of amides is 2. The summed E-state index contributed by atoms with van der Waals surface area (Å²) in [5, 5.41) is 5.96. The molecule has 0 bridgehead atoms. The third-order valence-corrected chi connectivity index (χ3v) is 3.86. The van der Waals surface area contributed by atoms with E-state index in [-0.39, 0.29) is 18.4 Å². The summed E-state index contributed by atoms with van der Waals surface area (Å²) < 4.78 is 5.32. The number of hydrogen-bond donors (Lipinski definition) is 2. The number of hydrogen-bond acceptors (Lipinski definition) is 3. The maximum atomic E-state index is 12.6. The normalized spacial score (nSPS) is 12.9. The van der Waals surface area contributed by atoms with Crippen molar-refractivity contribution in [2.45, 2.75) is 13.8 Å². The van der Waals surface area contributed by atoms with Crippen molar-refractivity contribution < 1.29 is 14.3 Å². The molecule has 0 spiro atoms. The van der Waals surface area contributed by atoms with Crippen molar-refractivity contribution in [1.82, 2.24) is 0 Å². The van der Waals surface area contributed by atoms with E-state index in [1.165, 1.54) is 0 Å². The molecule has 0 saturated heterocycles. The van der Waals surface area contributed by atoms with Gasteiger partial charge in [0.15, 0.2) is 6.61 Å². The van der Waals surface area contributed by atoms with Gasteiger partial charge in [0, 0.05) is 0 Å². The average Bonchev–Trinajstić information content (AvgIpc) is 2.50. The van der Waals surface area contributed by atoms with Gasteiger partial charge in [0.25, 0.3) is 11.8 Å². The van der Waals surface area contributed by atoms with Gasteiger partial charge in [-0.2, -0.15) is 0 Å². The lowest BCUT2D eigenvalue weighted by atomic mass is 10.1. The van der Waals surface area contributed by atoms with Crippen molar-refractivity contribution in [3.8, 4) is 5.75 Å². The molecule has 2 aromatic rings. The average molecular weight is 331 g/mol. The number of halogens is 1. The van der Waals surface area contributed by atoms with Gasteiger partial charge in [-0.3, -0.25) is 9.59 Å². The van der Waals surface area contributed by atoms with Gasteiger partial charge in [0.2, 0.25) is 0 Å². The number of nitrogens with one attached hydrogen (secondary N) is 2. The maximum absolute atomic E-state index is 12.6. The summed E-state index contributed by atoms with van der Waals surface area (Å²) in [6.45, 7) is 3.76. The van der Waals surface area contributed by atoms with E-state index >= 15 is 0 Å². The van der Waals surface area contributed by atoms with Crippen molar-refractivity contribution in [3.05, 3.63) is 52.0 Å². The van der Waals surface area contributed by atoms with Crippen molar-refractivity contribution in [2.75, 3.05) is 17.2 Å². The zero-order chi connectivity index (χ0) is 16.6. The molecule has 1 aliphatic heterocycles. The molecule has 118 valence electrons. The topological polar surface area (TPSA) is 67.4 Å². The van der Waals surface area contributed by atoms with Gasteiger partial charge in [-0.15, -0.1) is 0 Å². The van der Waals surface area contributed by atoms with Crippen LogP contribution >= 0.6 is 11.6 Å². The van der Waals surface area contributed by atoms with E-state index in [1.54, 1.807) is 24.3 Å². The number of fused-ring (bicyclic) bond motifs is 1. The highest BCUT2D eigenvalue weighted by Crippen LogP contribution is 2.33. The van der Waals surface area contributed by atoms with Crippen LogP contribution in [0.1, 0.15) is 21.5 Å². The van der Waals surface area contributed by atoms with Crippen molar-refractivity contribution in [1.29, 1.82) is 0 Å². The van der Waals surface area contributed by atoms with Crippen molar-refractivity contribution in [2.24, 2.45) is 0 Å². The minimum absolute atomic E-state index is 0.0546. The van der Waals surface area contributed by atoms with Gasteiger partial charge in [0.1, 0.15) is 5.75 Å². The second-order valence-corrected chi connectivity index (χ2v) is 5.82. The summed E-state index contributed by atoms with van der Waals surface area (Å²) >= 11 is 6.22. The lowest BCUT2D eigenvalue weighted by molar-refractivity contribution is -0.118. The molecule has 6 heteroatoms. The van der Waals surface area contributed by atoms with Crippen LogP contribution in [-0.4, -0.2) is 18.4 Å². The fraction of sp³-hybridized carbons (Fsp3) is 0.176. The van der Waals surface area contributed by atoms with Crippen LogP contribution in [0.2, 0.25) is 5.02 Å². The first-order chi connectivity index (χ1) is 11.0. The summed E-state index contributed by atoms with van der Waals surface area (Å²) in [6.07, 6.45) is 0. The van der Waals surface area contributed by atoms with Crippen LogP contribution in [0.15, 0.2) is 30.3 Å². The Kier molecular flexibility index (Phi) is 3.96. The summed E-state index contributed by atoms with van der Waals surface area (Å²) in [4.78, 5) is 24.1. The number of rotatable bonds is 2. The van der Waals surface area contributed by atoms with Gasteiger partial charge in [-0.1, -0.05) is 23.7 Å². The Hall–Kier alpha value is -2.53. The van der Waals surface area contributed by atoms with Crippen molar-refractivity contribution in [3.63, 3.8) is 0 Å². The zero-order valence-electron chi connectivity index (χ0n) is 12.7. The Morgan fingerprint density at radius 3 is 2.83 bits per heavy atom. The smallest absolute Gasteiger partial charge is 0.262 e. The Morgan fingerprint density at radius 1 is 1.30 bits per heavy atom. The summed E-state index contributed by atoms with van der Waals surface area (Å²) in [5.41, 5.74) is 3.15. The largest absolute Gasteiger partial charge is 0.482 e. The molecule has 1 aliphatic rings. The first kappa shape index (κ1) is 15.4. The second kappa shape index (κ2) is 5.93. The summed E-state index contributed by atoms with van der Waals surface area (Å²) in [5.74, 6) is -0.173. The second-order valence-electron chi connectivity index (χ2n) is 5.41. The molecule has 1 heterocycles. The molecule has 0 radical (unpaired) electrons. The van der Waals surface area contributed by atoms with Crippen LogP contribution in [0.5, 0.6) is 5.75 Å². The minimum Gasteiger partial charge on any atom is -0.482 e. The van der Waals surface area contributed by atoms with E-state index in [2.05, 4.69) is 10.6 Å². The Morgan fingerprint density at radius 2 is 2.09 bits per heavy atom. The predicted molar refractivity (Wildman–Crippen MR) is 89.4 cm³/mol. The number of carbonyl (C=O) groups is 2. The quantitative estimate of drug-likeness (QED) is 0.885. The standard InChI is InChI=1S/C17H15ClN2O3/c1-9-6-10(2)15(12(18)7-9)20-17(22)11-4-3-5-13-16(11)19-14(21)8-23-13/h3-7H,8H2,1-2H3,(H,19,21)(H,20,22). The van der Waals surface area contributed by atoms with E-state index in [4.69, 9.17) is 16.3 Å². The molecule has 2 N–H and O–H groups in total. The Bertz CT molecular complexity index is 794. The highest BCUT2D eigenvalue weighted by Gasteiger charge is 2.23. The third kappa shape index (κ3) is 3.00. The fourth-order valence-corrected chi connectivity index (χ4v) is 2.91. The molecule has 0 unspecified atom stereocenters. The van der Waals surface area contributed by atoms with Gasteiger partial charge >= 0.3 is 0 Å². The van der Waals surface area contributed by atoms with Crippen LogP contribution in [0.3, 0.4) is 0 Å². The predicted octanol–water partition coefficient (Wildman–Crippen LogP) is 3.54. The maximum Gasteiger partial charge on any atom is 0.262 e. The van der Waals surface area contributed by atoms with E-state index in [9.17, 15) is 9.59 Å². The minimum atomic E-state index is -0.360. The Labute approximate surface area is 138 Å². The molecule has 2 aromatic carbocycles. The van der Waals surface area contributed by atoms with Gasteiger partial charge < -0.3 is 15.4 Å². The van der Waals surface area contributed by atoms with E-state index in [0.29, 0.717) is 27.7 Å². The van der Waals surface area contributed by atoms with E-state index in [1.807, 2.05) is 19.9 Å². The molecule has 0 saturated carbocycles. The number of anilines is 2. The van der Waals surface area contributed by atoms with Crippen LogP contribution < -0.4 is 15.4 Å². The highest BCUT2D eigenvalue weighted by molar-refractivity contribution is 6.34. The number of ether oxygens (including phenoxy) is 1. The number of benzene rings is 2. The van der Waals surface area contributed by atoms with E-state index < -0.39 is 0 Å². The van der Waals surface area contributed by atoms with Gasteiger partial charge in [-0.05, 0) is 43.2 Å². The van der Waals surface area contributed by atoms with Crippen LogP contribution in [0, 0.1) is 13.8 Å². The van der Waals surface area contributed by atoms with Gasteiger partial charge in [0.05, 0.1) is 22.0 Å². The monoisotopic (exact) mass is 330 g/mol. The molecule has 0 aromatic heterocycles. The number of carbonyl (C=O) groups excluding carboxylic acids is 2. The molecule has 5 nitrogen and oxygen atoms in total. The SMILES string of the molecule is Cc1cc(C)c(NC(=O)c2cccc3c2NC(=O)CO3)c(Cl)c1. The lowest BCUT2D eigenvalue weighted by Crippen LogP contribution is -2.27. The number of aryl methyl sites for hydroxylation is 2. The fourth-order valence-electron chi connectivity index (χ4n) is 2.54. The van der Waals surface area contributed by atoms with Crippen LogP contribution in [0.4, 0.5) is 11.4 Å². The molecular weight excluding hydrogens is 316 g/mol. The third-order valence-electron chi connectivity index (χ3n) is 3.56. The molecule has 2 amide bonds. The summed E-state index contributed by atoms with van der Waals surface area (Å²) in [6, 6.07) is 8.76. The molecule has 0 atom stereocenters. The lowest BCUT2D eigenvalue weighted by Gasteiger charge is -2.20. The van der Waals surface area contributed by atoms with Crippen molar-refractivity contribution >= 4 is 34.8 Å². The molecule has 23 heavy (non-hydrogen) atoms. The van der Waals surface area contributed by atoms with E-state index in [0.717, 1.165) is 11.1 Å². The summed E-state index contributed by atoms with van der Waals surface area (Å²) in [7, 11) is 0. The first-order valence-electron chi connectivity index (χ1n) is 7.09.